The molecule has 0 saturated heterocycles. The van der Waals surface area contributed by atoms with Gasteiger partial charge < -0.3 is 8.83 Å². The summed E-state index contributed by atoms with van der Waals surface area (Å²) in [4.78, 5) is 4.78. The Morgan fingerprint density at radius 2 is 0.877 bits per heavy atom. The summed E-state index contributed by atoms with van der Waals surface area (Å²) in [6, 6.07) is 55.8. The van der Waals surface area contributed by atoms with Crippen LogP contribution in [-0.4, -0.2) is 6.71 Å². The molecule has 0 atom stereocenters. The molecule has 7 aromatic carbocycles. The van der Waals surface area contributed by atoms with Crippen molar-refractivity contribution in [3.05, 3.63) is 174 Å². The summed E-state index contributed by atoms with van der Waals surface area (Å²) >= 11 is 3.59. The van der Waals surface area contributed by atoms with Gasteiger partial charge in [0.05, 0.1) is 0 Å². The average molecular weight is 877 g/mol. The van der Waals surface area contributed by atoms with Gasteiger partial charge in [-0.1, -0.05) is 120 Å². The van der Waals surface area contributed by atoms with Crippen LogP contribution in [0.25, 0.3) is 64.4 Å². The van der Waals surface area contributed by atoms with Gasteiger partial charge in [-0.2, -0.15) is 0 Å². The molecule has 0 amide bonds. The number of fused-ring (bicyclic) bond motifs is 10. The molecule has 11 aromatic rings. The molecule has 4 nitrogen and oxygen atoms in total. The van der Waals surface area contributed by atoms with E-state index >= 15 is 0 Å². The van der Waals surface area contributed by atoms with E-state index in [0.717, 1.165) is 56.5 Å². The molecule has 0 saturated carbocycles. The maximum Gasteiger partial charge on any atom is 0.262 e. The lowest BCUT2D eigenvalue weighted by Crippen LogP contribution is -2.60. The van der Waals surface area contributed by atoms with Gasteiger partial charge in [0.2, 0.25) is 11.8 Å². The van der Waals surface area contributed by atoms with Gasteiger partial charge in [0.15, 0.2) is 0 Å². The summed E-state index contributed by atoms with van der Waals surface area (Å²) in [5, 5.41) is 9.40. The van der Waals surface area contributed by atoms with E-state index in [-0.39, 0.29) is 17.5 Å². The van der Waals surface area contributed by atoms with E-state index in [2.05, 4.69) is 214 Å². The lowest BCUT2D eigenvalue weighted by molar-refractivity contribution is 0.589. The normalized spacial score (nSPS) is 13.6. The molecule has 2 aliphatic heterocycles. The molecule has 7 heteroatoms. The lowest BCUT2D eigenvalue weighted by atomic mass is 9.33. The van der Waals surface area contributed by atoms with Crippen molar-refractivity contribution in [1.82, 2.24) is 0 Å². The second kappa shape index (κ2) is 13.9. The maximum absolute atomic E-state index is 7.25. The second-order valence-corrected chi connectivity index (χ2v) is 21.6. The monoisotopic (exact) mass is 876 g/mol. The predicted octanol–water partition coefficient (Wildman–Crippen LogP) is 15.6. The number of benzene rings is 7. The minimum atomic E-state index is -0.181. The number of thiophene rings is 2. The molecule has 0 aliphatic carbocycles. The molecule has 314 valence electrons. The van der Waals surface area contributed by atoms with Crippen LogP contribution in [-0.2, 0) is 10.8 Å². The molecular formula is C58H45BN2O2S2. The first-order valence-corrected chi connectivity index (χ1v) is 24.3. The highest BCUT2D eigenvalue weighted by molar-refractivity contribution is 7.18. The summed E-state index contributed by atoms with van der Waals surface area (Å²) in [6.45, 7) is 13.6. The number of anilines is 6. The Kier molecular flexibility index (Phi) is 8.24. The van der Waals surface area contributed by atoms with E-state index in [1.807, 2.05) is 0 Å². The van der Waals surface area contributed by atoms with Crippen molar-refractivity contribution in [2.45, 2.75) is 52.4 Å². The third kappa shape index (κ3) is 5.81. The van der Waals surface area contributed by atoms with Crippen LogP contribution in [0.5, 0.6) is 0 Å². The van der Waals surface area contributed by atoms with Crippen LogP contribution in [0.1, 0.15) is 52.7 Å². The van der Waals surface area contributed by atoms with E-state index in [1.54, 1.807) is 22.7 Å². The topological polar surface area (TPSA) is 32.8 Å². The smallest absolute Gasteiger partial charge is 0.262 e. The molecule has 0 unspecified atom stereocenters. The molecule has 65 heavy (non-hydrogen) atoms. The summed E-state index contributed by atoms with van der Waals surface area (Å²) in [5.41, 5.74) is 16.9. The fourth-order valence-electron chi connectivity index (χ4n) is 10.4. The molecule has 0 N–H and O–H groups in total. The third-order valence-electron chi connectivity index (χ3n) is 13.8. The van der Waals surface area contributed by atoms with Gasteiger partial charge in [-0.05, 0) is 122 Å². The van der Waals surface area contributed by atoms with Gasteiger partial charge in [-0.3, -0.25) is 9.80 Å². The van der Waals surface area contributed by atoms with Gasteiger partial charge in [0, 0.05) is 75.7 Å². The number of hydrogen-bond acceptors (Lipinski definition) is 6. The Balaban J connectivity index is 1.11. The number of hydrogen-bond donors (Lipinski definition) is 0. The Bertz CT molecular complexity index is 3500. The van der Waals surface area contributed by atoms with E-state index in [4.69, 9.17) is 8.83 Å². The van der Waals surface area contributed by atoms with Gasteiger partial charge in [-0.25, -0.2) is 0 Å². The highest BCUT2D eigenvalue weighted by Crippen LogP contribution is 2.49. The third-order valence-corrected chi connectivity index (χ3v) is 15.7. The van der Waals surface area contributed by atoms with E-state index in [9.17, 15) is 0 Å². The zero-order valence-electron chi connectivity index (χ0n) is 37.2. The number of furan rings is 2. The molecule has 6 heterocycles. The van der Waals surface area contributed by atoms with Crippen LogP contribution in [0.15, 0.2) is 171 Å². The fourth-order valence-corrected chi connectivity index (χ4v) is 12.4. The van der Waals surface area contributed by atoms with E-state index in [1.165, 1.54) is 69.9 Å². The fraction of sp³-hybridized carbons (Fsp3) is 0.138. The first-order valence-electron chi connectivity index (χ1n) is 22.5. The first kappa shape index (κ1) is 38.6. The predicted molar refractivity (Wildman–Crippen MR) is 279 cm³/mol. The Hall–Kier alpha value is -6.80. The van der Waals surface area contributed by atoms with Crippen LogP contribution in [0.3, 0.4) is 0 Å². The maximum atomic E-state index is 7.25. The Labute approximate surface area is 387 Å². The Morgan fingerprint density at radius 3 is 1.34 bits per heavy atom. The van der Waals surface area contributed by atoms with Crippen molar-refractivity contribution < 1.29 is 8.83 Å². The molecule has 4 aromatic heterocycles. The van der Waals surface area contributed by atoms with Gasteiger partial charge in [0.1, 0.15) is 11.2 Å². The molecular weight excluding hydrogens is 832 g/mol. The van der Waals surface area contributed by atoms with Crippen LogP contribution in [0.4, 0.5) is 34.5 Å². The van der Waals surface area contributed by atoms with Crippen molar-refractivity contribution in [2.75, 3.05) is 9.80 Å². The minimum absolute atomic E-state index is 0.0648. The molecule has 13 rings (SSSR count). The Morgan fingerprint density at radius 1 is 0.431 bits per heavy atom. The SMILES string of the molecule is CC(C)(C)c1ccc2oc3c(c2c1)B1c2c(cccc2N(c2cccc(-c4csc5ccccc45)c2)c2oc4ccc(C(C)(C)C)cc4c21)N3c1cccc(-c2csc3ccccc23)c1. The lowest BCUT2D eigenvalue weighted by Gasteiger charge is -2.40. The summed E-state index contributed by atoms with van der Waals surface area (Å²) < 4.78 is 17.1. The zero-order valence-corrected chi connectivity index (χ0v) is 38.8. The first-order chi connectivity index (χ1) is 31.5. The quantitative estimate of drug-likeness (QED) is 0.165. The van der Waals surface area contributed by atoms with Crippen molar-refractivity contribution in [3.8, 4) is 22.3 Å². The summed E-state index contributed by atoms with van der Waals surface area (Å²) in [7, 11) is 0. The van der Waals surface area contributed by atoms with Crippen LogP contribution in [0, 0.1) is 0 Å². The van der Waals surface area contributed by atoms with Gasteiger partial charge >= 0.3 is 0 Å². The summed E-state index contributed by atoms with van der Waals surface area (Å²) in [5.74, 6) is 1.69. The van der Waals surface area contributed by atoms with Crippen LogP contribution < -0.4 is 26.2 Å². The van der Waals surface area contributed by atoms with Crippen molar-refractivity contribution in [3.63, 3.8) is 0 Å². The van der Waals surface area contributed by atoms with Gasteiger partial charge in [-0.15, -0.1) is 22.7 Å². The largest absolute Gasteiger partial charge is 0.440 e. The van der Waals surface area contributed by atoms with Crippen molar-refractivity contribution >= 4 is 122 Å². The number of rotatable bonds is 4. The molecule has 0 spiro atoms. The minimum Gasteiger partial charge on any atom is -0.440 e. The highest BCUT2D eigenvalue weighted by atomic mass is 32.1. The molecule has 2 aliphatic rings. The van der Waals surface area contributed by atoms with Crippen LogP contribution >= 0.6 is 22.7 Å². The molecule has 0 radical (unpaired) electrons. The van der Waals surface area contributed by atoms with E-state index < -0.39 is 0 Å². The molecule has 0 fully saturated rings. The number of nitrogens with zero attached hydrogens (tertiary/aromatic N) is 2. The molecule has 0 bridgehead atoms. The standard InChI is InChI=1S/C58H45BN2O2S2/c1-57(2,3)36-24-26-48-42(30-36)52-55(62-48)60(38-16-11-14-34(28-38)44-32-64-50-22-9-7-18-40(44)50)46-20-13-21-47-54(46)59(52)53-43-31-37(58(4,5)6)25-27-49(43)63-56(53)61(47)39-17-12-15-35(29-39)45-33-65-51-23-10-8-19-41(45)51/h7-33H,1-6H3. The summed E-state index contributed by atoms with van der Waals surface area (Å²) in [6.07, 6.45) is 0. The van der Waals surface area contributed by atoms with Gasteiger partial charge in [0.25, 0.3) is 6.71 Å². The van der Waals surface area contributed by atoms with Crippen molar-refractivity contribution in [1.29, 1.82) is 0 Å². The van der Waals surface area contributed by atoms with Crippen LogP contribution in [0.2, 0.25) is 0 Å². The zero-order chi connectivity index (χ0) is 43.9. The highest BCUT2D eigenvalue weighted by Gasteiger charge is 2.49. The second-order valence-electron chi connectivity index (χ2n) is 19.8. The van der Waals surface area contributed by atoms with E-state index in [0.29, 0.717) is 0 Å². The van der Waals surface area contributed by atoms with Crippen molar-refractivity contribution in [2.24, 2.45) is 0 Å². The average Bonchev–Trinajstić information content (AvgIpc) is 4.11.